The topological polar surface area (TPSA) is 53.6 Å². The molecule has 0 bridgehead atoms. The Hall–Kier alpha value is -0.650. The fraction of sp³-hybridized carbons (Fsp3) is 0.900. The zero-order valence-electron chi connectivity index (χ0n) is 9.58. The zero-order chi connectivity index (χ0) is 11.1. The predicted molar refractivity (Wildman–Crippen MR) is 58.8 cm³/mol. The fourth-order valence-corrected chi connectivity index (χ4v) is 1.53. The second-order valence-corrected chi connectivity index (χ2v) is 3.95. The third-order valence-corrected chi connectivity index (χ3v) is 2.40. The summed E-state index contributed by atoms with van der Waals surface area (Å²) in [4.78, 5) is 13.5. The Bertz CT molecular complexity index is 193. The first-order valence-electron chi connectivity index (χ1n) is 5.42. The number of hydrogen-bond donors (Lipinski definition) is 2. The maximum atomic E-state index is 11.4. The number of likely N-dealkylation sites (tertiary alicyclic amines) is 1. The molecule has 1 aliphatic heterocycles. The van der Waals surface area contributed by atoms with Crippen molar-refractivity contribution >= 4 is 5.91 Å². The van der Waals surface area contributed by atoms with Crippen molar-refractivity contribution in [2.45, 2.75) is 12.5 Å². The maximum absolute atomic E-state index is 11.4. The molecule has 0 aromatic heterocycles. The van der Waals surface area contributed by atoms with Gasteiger partial charge in [0.05, 0.1) is 19.3 Å². The highest BCUT2D eigenvalue weighted by molar-refractivity contribution is 5.76. The Morgan fingerprint density at radius 3 is 2.80 bits per heavy atom. The van der Waals surface area contributed by atoms with Gasteiger partial charge in [0, 0.05) is 26.1 Å². The van der Waals surface area contributed by atoms with E-state index in [1.165, 1.54) is 0 Å². The second-order valence-electron chi connectivity index (χ2n) is 3.95. The zero-order valence-corrected chi connectivity index (χ0v) is 9.58. The molecule has 0 atom stereocenters. The van der Waals surface area contributed by atoms with Crippen molar-refractivity contribution in [1.82, 2.24) is 15.5 Å². The lowest BCUT2D eigenvalue weighted by Gasteiger charge is -2.36. The third kappa shape index (κ3) is 5.11. The van der Waals surface area contributed by atoms with Crippen LogP contribution in [0, 0.1) is 0 Å². The lowest BCUT2D eigenvalue weighted by Crippen LogP contribution is -2.57. The van der Waals surface area contributed by atoms with Crippen molar-refractivity contribution < 1.29 is 9.53 Å². The van der Waals surface area contributed by atoms with E-state index in [1.54, 1.807) is 0 Å². The van der Waals surface area contributed by atoms with Gasteiger partial charge in [-0.05, 0) is 14.1 Å². The summed E-state index contributed by atoms with van der Waals surface area (Å²) in [7, 11) is 3.92. The number of carbonyl (C=O) groups excluding carboxylic acids is 1. The van der Waals surface area contributed by atoms with Crippen LogP contribution in [0.2, 0.25) is 0 Å². The lowest BCUT2D eigenvalue weighted by molar-refractivity contribution is -0.123. The van der Waals surface area contributed by atoms with Crippen LogP contribution >= 0.6 is 0 Å². The molecule has 2 N–H and O–H groups in total. The molecule has 0 aliphatic carbocycles. The van der Waals surface area contributed by atoms with Crippen LogP contribution in [-0.4, -0.2) is 63.8 Å². The van der Waals surface area contributed by atoms with Crippen molar-refractivity contribution in [2.75, 3.05) is 46.9 Å². The molecule has 0 saturated carbocycles. The summed E-state index contributed by atoms with van der Waals surface area (Å²) < 4.78 is 5.27. The van der Waals surface area contributed by atoms with Gasteiger partial charge < -0.3 is 20.3 Å². The van der Waals surface area contributed by atoms with E-state index < -0.39 is 0 Å². The number of carbonyl (C=O) groups is 1. The Labute approximate surface area is 91.2 Å². The van der Waals surface area contributed by atoms with Crippen molar-refractivity contribution in [3.63, 3.8) is 0 Å². The Morgan fingerprint density at radius 1 is 1.47 bits per heavy atom. The van der Waals surface area contributed by atoms with Gasteiger partial charge in [0.1, 0.15) is 0 Å². The van der Waals surface area contributed by atoms with Gasteiger partial charge in [-0.15, -0.1) is 0 Å². The molecule has 0 radical (unpaired) electrons. The molecule has 88 valence electrons. The summed E-state index contributed by atoms with van der Waals surface area (Å²) in [5.74, 6) is 0.0950. The molecule has 1 fully saturated rings. The molecule has 1 heterocycles. The van der Waals surface area contributed by atoms with Gasteiger partial charge >= 0.3 is 0 Å². The number of nitrogens with zero attached hydrogens (tertiary/aromatic N) is 1. The smallest absolute Gasteiger partial charge is 0.222 e. The van der Waals surface area contributed by atoms with Gasteiger partial charge in [-0.25, -0.2) is 0 Å². The number of likely N-dealkylation sites (N-methyl/N-ethyl adjacent to an activating group) is 2. The van der Waals surface area contributed by atoms with Crippen molar-refractivity contribution in [3.05, 3.63) is 0 Å². The van der Waals surface area contributed by atoms with Crippen LogP contribution in [0.1, 0.15) is 6.42 Å². The van der Waals surface area contributed by atoms with E-state index in [1.807, 2.05) is 14.1 Å². The van der Waals surface area contributed by atoms with Crippen LogP contribution in [-0.2, 0) is 9.53 Å². The molecule has 0 aromatic carbocycles. The van der Waals surface area contributed by atoms with Gasteiger partial charge in [-0.2, -0.15) is 0 Å². The minimum atomic E-state index is 0.0950. The number of ether oxygens (including phenoxy) is 1. The highest BCUT2D eigenvalue weighted by Crippen LogP contribution is 2.03. The number of amides is 1. The summed E-state index contributed by atoms with van der Waals surface area (Å²) in [5.41, 5.74) is 0. The SMILES string of the molecule is CNCCOCCC(=O)NC1CN(C)C1. The van der Waals surface area contributed by atoms with Gasteiger partial charge in [0.15, 0.2) is 0 Å². The Balaban J connectivity index is 1.90. The van der Waals surface area contributed by atoms with E-state index in [-0.39, 0.29) is 5.91 Å². The molecule has 5 nitrogen and oxygen atoms in total. The van der Waals surface area contributed by atoms with Gasteiger partial charge in [-0.3, -0.25) is 4.79 Å². The molecular weight excluding hydrogens is 194 g/mol. The van der Waals surface area contributed by atoms with E-state index in [0.717, 1.165) is 19.6 Å². The molecule has 15 heavy (non-hydrogen) atoms. The first kappa shape index (κ1) is 12.4. The number of nitrogens with one attached hydrogen (secondary N) is 2. The predicted octanol–water partition coefficient (Wildman–Crippen LogP) is -0.957. The molecule has 0 unspecified atom stereocenters. The summed E-state index contributed by atoms with van der Waals surface area (Å²) in [6.45, 7) is 3.93. The van der Waals surface area contributed by atoms with Gasteiger partial charge in [0.25, 0.3) is 0 Å². The highest BCUT2D eigenvalue weighted by Gasteiger charge is 2.24. The van der Waals surface area contributed by atoms with Gasteiger partial charge in [0.2, 0.25) is 5.91 Å². The number of rotatable bonds is 7. The Morgan fingerprint density at radius 2 is 2.20 bits per heavy atom. The monoisotopic (exact) mass is 215 g/mol. The maximum Gasteiger partial charge on any atom is 0.222 e. The first-order chi connectivity index (χ1) is 7.22. The highest BCUT2D eigenvalue weighted by atomic mass is 16.5. The quantitative estimate of drug-likeness (QED) is 0.537. The minimum absolute atomic E-state index is 0.0950. The van der Waals surface area contributed by atoms with E-state index in [0.29, 0.717) is 25.7 Å². The van der Waals surface area contributed by atoms with E-state index in [9.17, 15) is 4.79 Å². The van der Waals surface area contributed by atoms with Crippen LogP contribution in [0.3, 0.4) is 0 Å². The first-order valence-corrected chi connectivity index (χ1v) is 5.42. The molecule has 1 aliphatic rings. The van der Waals surface area contributed by atoms with Crippen molar-refractivity contribution in [3.8, 4) is 0 Å². The van der Waals surface area contributed by atoms with Crippen LogP contribution in [0.5, 0.6) is 0 Å². The fourth-order valence-electron chi connectivity index (χ4n) is 1.53. The van der Waals surface area contributed by atoms with E-state index in [4.69, 9.17) is 4.74 Å². The average molecular weight is 215 g/mol. The van der Waals surface area contributed by atoms with Crippen molar-refractivity contribution in [1.29, 1.82) is 0 Å². The molecular formula is C10H21N3O2. The largest absolute Gasteiger partial charge is 0.380 e. The molecule has 1 saturated heterocycles. The van der Waals surface area contributed by atoms with E-state index >= 15 is 0 Å². The van der Waals surface area contributed by atoms with Crippen LogP contribution < -0.4 is 10.6 Å². The van der Waals surface area contributed by atoms with Gasteiger partial charge in [-0.1, -0.05) is 0 Å². The molecule has 0 spiro atoms. The second kappa shape index (κ2) is 6.76. The molecule has 0 aromatic rings. The Kier molecular flexibility index (Phi) is 5.60. The molecule has 5 heteroatoms. The molecule has 1 amide bonds. The summed E-state index contributed by atoms with van der Waals surface area (Å²) in [6, 6.07) is 0.347. The minimum Gasteiger partial charge on any atom is -0.380 e. The standard InChI is InChI=1S/C10H21N3O2/c1-11-4-6-15-5-3-10(14)12-9-7-13(2)8-9/h9,11H,3-8H2,1-2H3,(H,12,14). The van der Waals surface area contributed by atoms with Crippen LogP contribution in [0.15, 0.2) is 0 Å². The van der Waals surface area contributed by atoms with Crippen molar-refractivity contribution in [2.24, 2.45) is 0 Å². The average Bonchev–Trinajstić information content (AvgIpc) is 2.15. The third-order valence-electron chi connectivity index (χ3n) is 2.40. The summed E-state index contributed by atoms with van der Waals surface area (Å²) in [5, 5.41) is 5.94. The summed E-state index contributed by atoms with van der Waals surface area (Å²) >= 11 is 0. The summed E-state index contributed by atoms with van der Waals surface area (Å²) in [6.07, 6.45) is 0.462. The normalized spacial score (nSPS) is 17.5. The lowest BCUT2D eigenvalue weighted by atomic mass is 10.1. The number of hydrogen-bond acceptors (Lipinski definition) is 4. The van der Waals surface area contributed by atoms with Crippen LogP contribution in [0.4, 0.5) is 0 Å². The molecule has 1 rings (SSSR count). The van der Waals surface area contributed by atoms with Crippen LogP contribution in [0.25, 0.3) is 0 Å². The van der Waals surface area contributed by atoms with E-state index in [2.05, 4.69) is 15.5 Å².